The van der Waals surface area contributed by atoms with Gasteiger partial charge in [-0.25, -0.2) is 4.98 Å². The maximum atomic E-state index is 6.05. The normalized spacial score (nSPS) is 18.0. The topological polar surface area (TPSA) is 103 Å². The molecule has 0 aliphatic heterocycles. The van der Waals surface area contributed by atoms with Crippen molar-refractivity contribution in [2.75, 3.05) is 17.7 Å². The summed E-state index contributed by atoms with van der Waals surface area (Å²) in [6, 6.07) is 8.94. The number of imidazole rings is 1. The molecule has 0 saturated heterocycles. The van der Waals surface area contributed by atoms with Crippen molar-refractivity contribution in [2.24, 2.45) is 5.73 Å². The van der Waals surface area contributed by atoms with Crippen LogP contribution >= 0.6 is 24.8 Å². The first-order chi connectivity index (χ1) is 14.5. The van der Waals surface area contributed by atoms with Gasteiger partial charge in [-0.15, -0.1) is 24.8 Å². The van der Waals surface area contributed by atoms with Crippen LogP contribution in [0.3, 0.4) is 0 Å². The third kappa shape index (κ3) is 5.94. The first-order valence-electron chi connectivity index (χ1n) is 10.7. The minimum atomic E-state index is 0. The number of nitrogens with one attached hydrogen (secondary N) is 2. The van der Waals surface area contributed by atoms with Gasteiger partial charge in [0.1, 0.15) is 5.75 Å². The molecule has 4 rings (SSSR count). The summed E-state index contributed by atoms with van der Waals surface area (Å²) < 4.78 is 7.32. The summed E-state index contributed by atoms with van der Waals surface area (Å²) in [4.78, 5) is 14.2. The molecule has 1 aliphatic carbocycles. The van der Waals surface area contributed by atoms with Gasteiger partial charge in [-0.1, -0.05) is 12.1 Å². The van der Waals surface area contributed by atoms with Crippen molar-refractivity contribution in [2.45, 2.75) is 64.2 Å². The fourth-order valence-corrected chi connectivity index (χ4v) is 3.86. The van der Waals surface area contributed by atoms with E-state index in [1.54, 1.807) is 7.11 Å². The van der Waals surface area contributed by atoms with E-state index >= 15 is 0 Å². The van der Waals surface area contributed by atoms with Crippen LogP contribution in [0.15, 0.2) is 30.6 Å². The molecule has 8 nitrogen and oxygen atoms in total. The molecule has 176 valence electrons. The van der Waals surface area contributed by atoms with Crippen LogP contribution in [0.5, 0.6) is 5.75 Å². The molecule has 0 bridgehead atoms. The van der Waals surface area contributed by atoms with E-state index in [2.05, 4.69) is 34.0 Å². The third-order valence-electron chi connectivity index (χ3n) is 5.70. The molecule has 32 heavy (non-hydrogen) atoms. The van der Waals surface area contributed by atoms with Crippen LogP contribution in [0, 0.1) is 0 Å². The van der Waals surface area contributed by atoms with Crippen LogP contribution in [-0.4, -0.2) is 38.7 Å². The van der Waals surface area contributed by atoms with Crippen molar-refractivity contribution < 1.29 is 4.74 Å². The lowest BCUT2D eigenvalue weighted by molar-refractivity contribution is 0.410. The second-order valence-corrected chi connectivity index (χ2v) is 8.27. The summed E-state index contributed by atoms with van der Waals surface area (Å²) in [6.45, 7) is 4.90. The van der Waals surface area contributed by atoms with Crippen molar-refractivity contribution in [3.05, 3.63) is 36.2 Å². The maximum absolute atomic E-state index is 6.05. The molecule has 0 radical (unpaired) electrons. The molecule has 1 saturated carbocycles. The number of benzene rings is 1. The zero-order valence-corrected chi connectivity index (χ0v) is 20.4. The Hall–Kier alpha value is -2.29. The standard InChI is InChI=1S/C22H31N7O.2ClH/c1-14(2)29-13-25-19-20(24-12-15-4-10-18(30-3)11-5-15)27-22(28-21(19)29)26-17-8-6-16(23)7-9-17;;/h4-5,10-11,13-14,16-17H,6-9,12,23H2,1-3H3,(H2,24,26,27,28);2*1H. The Bertz CT molecular complexity index is 986. The van der Waals surface area contributed by atoms with E-state index in [1.807, 2.05) is 30.6 Å². The largest absolute Gasteiger partial charge is 0.497 e. The van der Waals surface area contributed by atoms with E-state index in [1.165, 1.54) is 0 Å². The number of ether oxygens (including phenoxy) is 1. The van der Waals surface area contributed by atoms with Crippen LogP contribution in [-0.2, 0) is 6.54 Å². The van der Waals surface area contributed by atoms with Gasteiger partial charge in [0.15, 0.2) is 17.0 Å². The first-order valence-corrected chi connectivity index (χ1v) is 10.7. The number of anilines is 2. The van der Waals surface area contributed by atoms with Gasteiger partial charge in [-0.3, -0.25) is 0 Å². The molecule has 0 amide bonds. The predicted octanol–water partition coefficient (Wildman–Crippen LogP) is 4.55. The van der Waals surface area contributed by atoms with Crippen molar-refractivity contribution in [1.82, 2.24) is 19.5 Å². The highest BCUT2D eigenvalue weighted by Gasteiger charge is 2.21. The lowest BCUT2D eigenvalue weighted by Crippen LogP contribution is -2.33. The number of hydrogen-bond acceptors (Lipinski definition) is 7. The molecule has 0 spiro atoms. The highest BCUT2D eigenvalue weighted by molar-refractivity contribution is 5.86. The van der Waals surface area contributed by atoms with Gasteiger partial charge in [0, 0.05) is 24.7 Å². The minimum Gasteiger partial charge on any atom is -0.497 e. The molecule has 3 aromatic rings. The smallest absolute Gasteiger partial charge is 0.227 e. The van der Waals surface area contributed by atoms with Crippen molar-refractivity contribution in [3.8, 4) is 5.75 Å². The Kier molecular flexibility index (Phi) is 9.36. The van der Waals surface area contributed by atoms with Crippen LogP contribution in [0.2, 0.25) is 0 Å². The molecule has 1 aromatic carbocycles. The molecule has 2 heterocycles. The number of halogens is 2. The van der Waals surface area contributed by atoms with E-state index < -0.39 is 0 Å². The molecule has 4 N–H and O–H groups in total. The number of rotatable bonds is 7. The van der Waals surface area contributed by atoms with Gasteiger partial charge in [-0.05, 0) is 57.2 Å². The summed E-state index contributed by atoms with van der Waals surface area (Å²) in [5.41, 5.74) is 8.82. The molecule has 1 aliphatic rings. The Labute approximate surface area is 201 Å². The maximum Gasteiger partial charge on any atom is 0.227 e. The van der Waals surface area contributed by atoms with Gasteiger partial charge in [0.05, 0.1) is 13.4 Å². The lowest BCUT2D eigenvalue weighted by atomic mass is 9.92. The average molecular weight is 482 g/mol. The van der Waals surface area contributed by atoms with Gasteiger partial charge in [-0.2, -0.15) is 9.97 Å². The number of aromatic nitrogens is 4. The SMILES string of the molecule is COc1ccc(CNc2nc(NC3CCC(N)CC3)nc3c2ncn3C(C)C)cc1.Cl.Cl. The number of nitrogens with two attached hydrogens (primary N) is 1. The molecule has 0 unspecified atom stereocenters. The van der Waals surface area contributed by atoms with E-state index in [0.717, 1.165) is 54.0 Å². The van der Waals surface area contributed by atoms with Gasteiger partial charge in [0.25, 0.3) is 0 Å². The van der Waals surface area contributed by atoms with Crippen molar-refractivity contribution >= 4 is 47.7 Å². The Balaban J connectivity index is 0.00000181. The fraction of sp³-hybridized carbons (Fsp3) is 0.500. The molecule has 10 heteroatoms. The second-order valence-electron chi connectivity index (χ2n) is 8.27. The number of methoxy groups -OCH3 is 1. The van der Waals surface area contributed by atoms with Crippen LogP contribution < -0.4 is 21.1 Å². The zero-order chi connectivity index (χ0) is 21.1. The Morgan fingerprint density at radius 1 is 1.09 bits per heavy atom. The monoisotopic (exact) mass is 481 g/mol. The lowest BCUT2D eigenvalue weighted by Gasteiger charge is -2.27. The summed E-state index contributed by atoms with van der Waals surface area (Å²) in [5, 5.41) is 6.98. The van der Waals surface area contributed by atoms with Gasteiger partial charge >= 0.3 is 0 Å². The molecule has 1 fully saturated rings. The summed E-state index contributed by atoms with van der Waals surface area (Å²) in [5.74, 6) is 2.23. The van der Waals surface area contributed by atoms with Crippen molar-refractivity contribution in [1.29, 1.82) is 0 Å². The van der Waals surface area contributed by atoms with Crippen LogP contribution in [0.4, 0.5) is 11.8 Å². The van der Waals surface area contributed by atoms with Crippen molar-refractivity contribution in [3.63, 3.8) is 0 Å². The van der Waals surface area contributed by atoms with E-state index in [0.29, 0.717) is 24.6 Å². The minimum absolute atomic E-state index is 0. The molecule has 2 aromatic heterocycles. The first kappa shape index (κ1) is 26.0. The van der Waals surface area contributed by atoms with Crippen LogP contribution in [0.25, 0.3) is 11.2 Å². The van der Waals surface area contributed by atoms with E-state index in [4.69, 9.17) is 20.4 Å². The Morgan fingerprint density at radius 2 is 1.78 bits per heavy atom. The Morgan fingerprint density at radius 3 is 2.41 bits per heavy atom. The summed E-state index contributed by atoms with van der Waals surface area (Å²) in [7, 11) is 1.67. The van der Waals surface area contributed by atoms with Gasteiger partial charge < -0.3 is 25.7 Å². The fourth-order valence-electron chi connectivity index (χ4n) is 3.86. The highest BCUT2D eigenvalue weighted by Crippen LogP contribution is 2.26. The van der Waals surface area contributed by atoms with Crippen LogP contribution in [0.1, 0.15) is 51.1 Å². The zero-order valence-electron chi connectivity index (χ0n) is 18.7. The summed E-state index contributed by atoms with van der Waals surface area (Å²) >= 11 is 0. The number of fused-ring (bicyclic) bond motifs is 1. The molecular weight excluding hydrogens is 449 g/mol. The second kappa shape index (κ2) is 11.5. The molecular formula is C22H33Cl2N7O. The highest BCUT2D eigenvalue weighted by atomic mass is 35.5. The third-order valence-corrected chi connectivity index (χ3v) is 5.70. The quantitative estimate of drug-likeness (QED) is 0.454. The average Bonchev–Trinajstić information content (AvgIpc) is 3.18. The van der Waals surface area contributed by atoms with E-state index in [9.17, 15) is 0 Å². The predicted molar refractivity (Wildman–Crippen MR) is 134 cm³/mol. The number of hydrogen-bond donors (Lipinski definition) is 3. The van der Waals surface area contributed by atoms with E-state index in [-0.39, 0.29) is 30.9 Å². The number of nitrogens with zero attached hydrogens (tertiary/aromatic N) is 4. The molecule has 0 atom stereocenters. The van der Waals surface area contributed by atoms with Gasteiger partial charge in [0.2, 0.25) is 5.95 Å². The summed E-state index contributed by atoms with van der Waals surface area (Å²) in [6.07, 6.45) is 5.99.